The SMILES string of the molecule is CC(C)C(C)OCC(F)(F)C(=O)NN. The Morgan fingerprint density at radius 2 is 2.00 bits per heavy atom. The highest BCUT2D eigenvalue weighted by Crippen LogP contribution is 2.16. The Bertz CT molecular complexity index is 198. The van der Waals surface area contributed by atoms with Gasteiger partial charge in [-0.2, -0.15) is 8.78 Å². The molecule has 0 aromatic rings. The predicted molar refractivity (Wildman–Crippen MR) is 47.5 cm³/mol. The summed E-state index contributed by atoms with van der Waals surface area (Å²) >= 11 is 0. The van der Waals surface area contributed by atoms with Gasteiger partial charge in [0, 0.05) is 0 Å². The number of amides is 1. The summed E-state index contributed by atoms with van der Waals surface area (Å²) in [5.74, 6) is -0.399. The number of ether oxygens (including phenoxy) is 1. The maximum Gasteiger partial charge on any atom is 0.348 e. The molecule has 0 radical (unpaired) electrons. The second kappa shape index (κ2) is 5.21. The summed E-state index contributed by atoms with van der Waals surface area (Å²) < 4.78 is 30.5. The quantitative estimate of drug-likeness (QED) is 0.398. The molecule has 1 atom stereocenters. The van der Waals surface area contributed by atoms with E-state index in [-0.39, 0.29) is 12.0 Å². The molecule has 0 saturated heterocycles. The molecular weight excluding hydrogens is 194 g/mol. The van der Waals surface area contributed by atoms with Crippen LogP contribution in [0, 0.1) is 5.92 Å². The summed E-state index contributed by atoms with van der Waals surface area (Å²) in [4.78, 5) is 10.5. The number of hydrogen-bond donors (Lipinski definition) is 2. The molecule has 0 spiro atoms. The summed E-state index contributed by atoms with van der Waals surface area (Å²) in [6, 6.07) is 0. The largest absolute Gasteiger partial charge is 0.371 e. The van der Waals surface area contributed by atoms with Crippen molar-refractivity contribution in [3.05, 3.63) is 0 Å². The molecular formula is C8H16F2N2O2. The Morgan fingerprint density at radius 1 is 1.50 bits per heavy atom. The third kappa shape index (κ3) is 3.97. The second-order valence-corrected chi connectivity index (χ2v) is 3.44. The molecule has 3 N–H and O–H groups in total. The van der Waals surface area contributed by atoms with Crippen molar-refractivity contribution >= 4 is 5.91 Å². The Labute approximate surface area is 81.8 Å². The van der Waals surface area contributed by atoms with Gasteiger partial charge in [-0.25, -0.2) is 5.84 Å². The maximum atomic E-state index is 12.8. The van der Waals surface area contributed by atoms with Crippen molar-refractivity contribution in [1.82, 2.24) is 5.43 Å². The Kier molecular flexibility index (Phi) is 4.93. The van der Waals surface area contributed by atoms with Gasteiger partial charge in [0.05, 0.1) is 6.10 Å². The molecule has 0 aliphatic rings. The fourth-order valence-electron chi connectivity index (χ4n) is 0.600. The average molecular weight is 210 g/mol. The zero-order chi connectivity index (χ0) is 11.4. The topological polar surface area (TPSA) is 64.3 Å². The van der Waals surface area contributed by atoms with Gasteiger partial charge >= 0.3 is 11.8 Å². The molecule has 0 aliphatic carbocycles. The molecule has 0 aromatic heterocycles. The van der Waals surface area contributed by atoms with Crippen LogP contribution in [0.2, 0.25) is 0 Å². The number of hydrazine groups is 1. The van der Waals surface area contributed by atoms with Crippen LogP contribution in [0.15, 0.2) is 0 Å². The smallest absolute Gasteiger partial charge is 0.348 e. The van der Waals surface area contributed by atoms with Crippen LogP contribution in [-0.4, -0.2) is 24.5 Å². The van der Waals surface area contributed by atoms with Gasteiger partial charge in [-0.1, -0.05) is 13.8 Å². The zero-order valence-corrected chi connectivity index (χ0v) is 8.51. The standard InChI is InChI=1S/C8H16F2N2O2/c1-5(2)6(3)14-4-8(9,10)7(13)12-11/h5-6H,4,11H2,1-3H3,(H,12,13). The predicted octanol–water partition coefficient (Wildman–Crippen LogP) is 0.673. The fourth-order valence-corrected chi connectivity index (χ4v) is 0.600. The van der Waals surface area contributed by atoms with Crippen molar-refractivity contribution in [2.24, 2.45) is 11.8 Å². The lowest BCUT2D eigenvalue weighted by atomic mass is 10.1. The van der Waals surface area contributed by atoms with Crippen LogP contribution in [-0.2, 0) is 9.53 Å². The minimum Gasteiger partial charge on any atom is -0.371 e. The minimum absolute atomic E-state index is 0.117. The molecule has 0 bridgehead atoms. The molecule has 0 rings (SSSR count). The van der Waals surface area contributed by atoms with Crippen molar-refractivity contribution in [3.8, 4) is 0 Å². The van der Waals surface area contributed by atoms with Gasteiger partial charge in [0.25, 0.3) is 0 Å². The highest BCUT2D eigenvalue weighted by Gasteiger charge is 2.39. The third-order valence-corrected chi connectivity index (χ3v) is 1.93. The van der Waals surface area contributed by atoms with E-state index in [1.807, 2.05) is 13.8 Å². The lowest BCUT2D eigenvalue weighted by Gasteiger charge is -2.20. The van der Waals surface area contributed by atoms with E-state index >= 15 is 0 Å². The van der Waals surface area contributed by atoms with Crippen LogP contribution >= 0.6 is 0 Å². The first-order chi connectivity index (χ1) is 6.31. The first-order valence-corrected chi connectivity index (χ1v) is 4.31. The lowest BCUT2D eigenvalue weighted by Crippen LogP contribution is -2.47. The fraction of sp³-hybridized carbons (Fsp3) is 0.875. The van der Waals surface area contributed by atoms with E-state index in [2.05, 4.69) is 5.84 Å². The molecule has 1 amide bonds. The van der Waals surface area contributed by atoms with Gasteiger partial charge in [0.2, 0.25) is 0 Å². The number of carbonyl (C=O) groups excluding carboxylic acids is 1. The van der Waals surface area contributed by atoms with Gasteiger partial charge < -0.3 is 4.74 Å². The van der Waals surface area contributed by atoms with E-state index in [1.54, 1.807) is 6.92 Å². The van der Waals surface area contributed by atoms with Crippen LogP contribution in [0.25, 0.3) is 0 Å². The molecule has 84 valence electrons. The summed E-state index contributed by atoms with van der Waals surface area (Å²) in [5.41, 5.74) is 1.39. The zero-order valence-electron chi connectivity index (χ0n) is 8.51. The normalized spacial score (nSPS) is 14.2. The van der Waals surface area contributed by atoms with Crippen LogP contribution in [0.1, 0.15) is 20.8 Å². The molecule has 0 heterocycles. The summed E-state index contributed by atoms with van der Waals surface area (Å²) in [6.45, 7) is 4.40. The first kappa shape index (κ1) is 13.2. The lowest BCUT2D eigenvalue weighted by molar-refractivity contribution is -0.159. The third-order valence-electron chi connectivity index (χ3n) is 1.93. The monoisotopic (exact) mass is 210 g/mol. The summed E-state index contributed by atoms with van der Waals surface area (Å²) in [7, 11) is 0. The van der Waals surface area contributed by atoms with E-state index in [4.69, 9.17) is 4.74 Å². The van der Waals surface area contributed by atoms with Gasteiger partial charge in [0.15, 0.2) is 0 Å². The van der Waals surface area contributed by atoms with Gasteiger partial charge in [0.1, 0.15) is 6.61 Å². The molecule has 4 nitrogen and oxygen atoms in total. The van der Waals surface area contributed by atoms with Crippen molar-refractivity contribution in [1.29, 1.82) is 0 Å². The van der Waals surface area contributed by atoms with Gasteiger partial charge in [-0.3, -0.25) is 10.2 Å². The number of nitrogens with one attached hydrogen (secondary N) is 1. The van der Waals surface area contributed by atoms with E-state index in [0.29, 0.717) is 0 Å². The number of rotatable bonds is 5. The molecule has 6 heteroatoms. The highest BCUT2D eigenvalue weighted by atomic mass is 19.3. The average Bonchev–Trinajstić information content (AvgIpc) is 2.12. The van der Waals surface area contributed by atoms with E-state index in [1.165, 1.54) is 5.43 Å². The summed E-state index contributed by atoms with van der Waals surface area (Å²) in [5, 5.41) is 0. The molecule has 0 aliphatic heterocycles. The number of hydrogen-bond acceptors (Lipinski definition) is 3. The van der Waals surface area contributed by atoms with Crippen molar-refractivity contribution in [2.75, 3.05) is 6.61 Å². The number of halogens is 2. The minimum atomic E-state index is -3.57. The second-order valence-electron chi connectivity index (χ2n) is 3.44. The molecule has 14 heavy (non-hydrogen) atoms. The Hall–Kier alpha value is -0.750. The molecule has 0 aromatic carbocycles. The molecule has 0 saturated carbocycles. The number of nitrogens with two attached hydrogens (primary N) is 1. The highest BCUT2D eigenvalue weighted by molar-refractivity contribution is 5.82. The van der Waals surface area contributed by atoms with Crippen LogP contribution in [0.4, 0.5) is 8.78 Å². The Morgan fingerprint density at radius 3 is 2.36 bits per heavy atom. The van der Waals surface area contributed by atoms with E-state index < -0.39 is 18.4 Å². The van der Waals surface area contributed by atoms with Crippen molar-refractivity contribution < 1.29 is 18.3 Å². The number of alkyl halides is 2. The van der Waals surface area contributed by atoms with E-state index in [0.717, 1.165) is 0 Å². The van der Waals surface area contributed by atoms with Crippen molar-refractivity contribution in [2.45, 2.75) is 32.8 Å². The van der Waals surface area contributed by atoms with Crippen LogP contribution < -0.4 is 11.3 Å². The van der Waals surface area contributed by atoms with Gasteiger partial charge in [-0.05, 0) is 12.8 Å². The number of carbonyl (C=O) groups is 1. The van der Waals surface area contributed by atoms with Crippen LogP contribution in [0.5, 0.6) is 0 Å². The van der Waals surface area contributed by atoms with Crippen molar-refractivity contribution in [3.63, 3.8) is 0 Å². The Balaban J connectivity index is 4.05. The molecule has 1 unspecified atom stereocenters. The maximum absolute atomic E-state index is 12.8. The van der Waals surface area contributed by atoms with E-state index in [9.17, 15) is 13.6 Å². The van der Waals surface area contributed by atoms with Gasteiger partial charge in [-0.15, -0.1) is 0 Å². The molecule has 0 fully saturated rings. The first-order valence-electron chi connectivity index (χ1n) is 4.31. The van der Waals surface area contributed by atoms with Crippen LogP contribution in [0.3, 0.4) is 0 Å². The summed E-state index contributed by atoms with van der Waals surface area (Å²) in [6.07, 6.45) is -0.327.